The van der Waals surface area contributed by atoms with Gasteiger partial charge in [-0.1, -0.05) is 20.3 Å². The van der Waals surface area contributed by atoms with Gasteiger partial charge >= 0.3 is 5.97 Å². The normalized spacial score (nSPS) is 23.9. The van der Waals surface area contributed by atoms with Gasteiger partial charge in [0.05, 0.1) is 6.54 Å². The molecular weight excluding hydrogens is 256 g/mol. The van der Waals surface area contributed by atoms with Gasteiger partial charge in [-0.2, -0.15) is 0 Å². The first-order valence-electron chi connectivity index (χ1n) is 7.75. The molecule has 1 aliphatic carbocycles. The predicted octanol–water partition coefficient (Wildman–Crippen LogP) is 1.57. The molecule has 1 saturated carbocycles. The Morgan fingerprint density at radius 1 is 1.25 bits per heavy atom. The van der Waals surface area contributed by atoms with Crippen molar-refractivity contribution in [1.29, 1.82) is 0 Å². The largest absolute Gasteiger partial charge is 0.480 e. The van der Waals surface area contributed by atoms with Gasteiger partial charge in [-0.25, -0.2) is 0 Å². The molecule has 0 bridgehead atoms. The van der Waals surface area contributed by atoms with Crippen molar-refractivity contribution in [2.75, 3.05) is 19.6 Å². The molecule has 1 aliphatic heterocycles. The van der Waals surface area contributed by atoms with Crippen molar-refractivity contribution in [2.45, 2.75) is 58.0 Å². The van der Waals surface area contributed by atoms with E-state index in [2.05, 4.69) is 13.8 Å². The van der Waals surface area contributed by atoms with Crippen molar-refractivity contribution in [3.63, 3.8) is 0 Å². The molecule has 114 valence electrons. The van der Waals surface area contributed by atoms with E-state index in [1.54, 1.807) is 0 Å². The number of hydrogen-bond acceptors (Lipinski definition) is 3. The molecule has 1 amide bonds. The molecule has 5 nitrogen and oxygen atoms in total. The zero-order valence-electron chi connectivity index (χ0n) is 12.5. The van der Waals surface area contributed by atoms with Crippen LogP contribution in [0, 0.1) is 5.92 Å². The highest BCUT2D eigenvalue weighted by atomic mass is 16.4. The number of likely N-dealkylation sites (tertiary alicyclic amines) is 1. The molecule has 0 aromatic rings. The molecule has 0 radical (unpaired) electrons. The van der Waals surface area contributed by atoms with Crippen LogP contribution in [0.4, 0.5) is 0 Å². The van der Waals surface area contributed by atoms with Gasteiger partial charge in [0.1, 0.15) is 6.04 Å². The molecule has 0 aromatic heterocycles. The van der Waals surface area contributed by atoms with Crippen LogP contribution >= 0.6 is 0 Å². The highest BCUT2D eigenvalue weighted by molar-refractivity contribution is 5.80. The lowest BCUT2D eigenvalue weighted by Gasteiger charge is -2.34. The molecule has 1 atom stereocenters. The number of aliphatic carboxylic acids is 1. The van der Waals surface area contributed by atoms with E-state index in [1.807, 2.05) is 9.80 Å². The monoisotopic (exact) mass is 282 g/mol. The van der Waals surface area contributed by atoms with E-state index in [9.17, 15) is 14.7 Å². The lowest BCUT2D eigenvalue weighted by Crippen LogP contribution is -2.50. The van der Waals surface area contributed by atoms with Crippen LogP contribution < -0.4 is 0 Å². The minimum atomic E-state index is -0.792. The van der Waals surface area contributed by atoms with Gasteiger partial charge < -0.3 is 10.0 Å². The number of carboxylic acid groups (broad SMARTS) is 1. The third-order valence-electron chi connectivity index (χ3n) is 4.11. The molecular formula is C15H26N2O3. The number of amides is 1. The Balaban J connectivity index is 1.95. The highest BCUT2D eigenvalue weighted by Gasteiger charge is 2.36. The number of carbonyl (C=O) groups is 2. The van der Waals surface area contributed by atoms with E-state index in [0.717, 1.165) is 38.8 Å². The number of piperidine rings is 1. The van der Waals surface area contributed by atoms with Crippen molar-refractivity contribution in [1.82, 2.24) is 9.80 Å². The van der Waals surface area contributed by atoms with E-state index >= 15 is 0 Å². The van der Waals surface area contributed by atoms with Gasteiger partial charge in [0.2, 0.25) is 5.91 Å². The molecule has 2 rings (SSSR count). The zero-order chi connectivity index (χ0) is 14.7. The molecule has 1 N–H and O–H groups in total. The average molecular weight is 282 g/mol. The van der Waals surface area contributed by atoms with E-state index < -0.39 is 12.0 Å². The number of rotatable bonds is 6. The maximum Gasteiger partial charge on any atom is 0.320 e. The van der Waals surface area contributed by atoms with Crippen LogP contribution in [0.3, 0.4) is 0 Å². The second-order valence-electron chi connectivity index (χ2n) is 6.49. The molecule has 0 spiro atoms. The predicted molar refractivity (Wildman–Crippen MR) is 76.4 cm³/mol. The summed E-state index contributed by atoms with van der Waals surface area (Å²) >= 11 is 0. The third kappa shape index (κ3) is 3.95. The molecule has 0 aromatic carbocycles. The molecule has 1 saturated heterocycles. The van der Waals surface area contributed by atoms with Gasteiger partial charge in [0.15, 0.2) is 0 Å². The van der Waals surface area contributed by atoms with Gasteiger partial charge in [0.25, 0.3) is 0 Å². The van der Waals surface area contributed by atoms with E-state index in [-0.39, 0.29) is 12.5 Å². The standard InChI is InChI=1S/C15H26N2O3/c1-11(2)9-17(12-6-7-12)14(18)10-16-8-4-3-5-13(16)15(19)20/h11-13H,3-10H2,1-2H3,(H,19,20). The topological polar surface area (TPSA) is 60.9 Å². The average Bonchev–Trinajstić information content (AvgIpc) is 3.20. The van der Waals surface area contributed by atoms with E-state index in [0.29, 0.717) is 18.4 Å². The summed E-state index contributed by atoms with van der Waals surface area (Å²) in [6.45, 7) is 6.01. The minimum absolute atomic E-state index is 0.106. The number of hydrogen-bond donors (Lipinski definition) is 1. The van der Waals surface area contributed by atoms with Gasteiger partial charge in [-0.05, 0) is 38.1 Å². The fourth-order valence-corrected chi connectivity index (χ4v) is 2.96. The second-order valence-corrected chi connectivity index (χ2v) is 6.49. The number of carbonyl (C=O) groups excluding carboxylic acids is 1. The molecule has 20 heavy (non-hydrogen) atoms. The van der Waals surface area contributed by atoms with Crippen molar-refractivity contribution >= 4 is 11.9 Å². The van der Waals surface area contributed by atoms with Gasteiger partial charge in [0, 0.05) is 12.6 Å². The fourth-order valence-electron chi connectivity index (χ4n) is 2.96. The SMILES string of the molecule is CC(C)CN(C(=O)CN1CCCCC1C(=O)O)C1CC1. The zero-order valence-corrected chi connectivity index (χ0v) is 12.5. The Kier molecular flexibility index (Phi) is 5.02. The Morgan fingerprint density at radius 2 is 1.95 bits per heavy atom. The van der Waals surface area contributed by atoms with Crippen LogP contribution in [-0.2, 0) is 9.59 Å². The molecule has 1 unspecified atom stereocenters. The van der Waals surface area contributed by atoms with Gasteiger partial charge in [-0.15, -0.1) is 0 Å². The Labute approximate surface area is 120 Å². The summed E-state index contributed by atoms with van der Waals surface area (Å²) in [4.78, 5) is 27.6. The van der Waals surface area contributed by atoms with Crippen LogP contribution in [-0.4, -0.2) is 58.5 Å². The van der Waals surface area contributed by atoms with Crippen molar-refractivity contribution in [3.05, 3.63) is 0 Å². The van der Waals surface area contributed by atoms with Crippen molar-refractivity contribution in [2.24, 2.45) is 5.92 Å². The Hall–Kier alpha value is -1.10. The van der Waals surface area contributed by atoms with Crippen molar-refractivity contribution in [3.8, 4) is 0 Å². The van der Waals surface area contributed by atoms with Crippen LogP contribution in [0.15, 0.2) is 0 Å². The lowest BCUT2D eigenvalue weighted by atomic mass is 10.0. The summed E-state index contributed by atoms with van der Waals surface area (Å²) in [7, 11) is 0. The summed E-state index contributed by atoms with van der Waals surface area (Å²) in [6, 6.07) is -0.0780. The van der Waals surface area contributed by atoms with Crippen LogP contribution in [0.5, 0.6) is 0 Å². The van der Waals surface area contributed by atoms with E-state index in [1.165, 1.54) is 0 Å². The smallest absolute Gasteiger partial charge is 0.320 e. The summed E-state index contributed by atoms with van der Waals surface area (Å²) < 4.78 is 0. The first kappa shape index (κ1) is 15.3. The number of nitrogens with zero attached hydrogens (tertiary/aromatic N) is 2. The second kappa shape index (κ2) is 6.57. The lowest BCUT2D eigenvalue weighted by molar-refractivity contribution is -0.146. The maximum absolute atomic E-state index is 12.5. The van der Waals surface area contributed by atoms with Crippen molar-refractivity contribution < 1.29 is 14.7 Å². The molecule has 2 aliphatic rings. The Morgan fingerprint density at radius 3 is 2.50 bits per heavy atom. The van der Waals surface area contributed by atoms with Gasteiger partial charge in [-0.3, -0.25) is 14.5 Å². The maximum atomic E-state index is 12.5. The van der Waals surface area contributed by atoms with Crippen LogP contribution in [0.25, 0.3) is 0 Å². The first-order valence-corrected chi connectivity index (χ1v) is 7.75. The summed E-state index contributed by atoms with van der Waals surface area (Å²) in [6.07, 6.45) is 4.79. The summed E-state index contributed by atoms with van der Waals surface area (Å²) in [5, 5.41) is 9.26. The fraction of sp³-hybridized carbons (Fsp3) is 0.867. The molecule has 2 fully saturated rings. The molecule has 1 heterocycles. The first-order chi connectivity index (χ1) is 9.49. The summed E-state index contributed by atoms with van der Waals surface area (Å²) in [5.74, 6) is -0.232. The summed E-state index contributed by atoms with van der Waals surface area (Å²) in [5.41, 5.74) is 0. The van der Waals surface area contributed by atoms with E-state index in [4.69, 9.17) is 0 Å². The van der Waals surface area contributed by atoms with Crippen LogP contribution in [0.2, 0.25) is 0 Å². The quantitative estimate of drug-likeness (QED) is 0.803. The Bertz CT molecular complexity index is 366. The number of carboxylic acids is 1. The third-order valence-corrected chi connectivity index (χ3v) is 4.11. The van der Waals surface area contributed by atoms with Crippen LogP contribution in [0.1, 0.15) is 46.0 Å². The highest BCUT2D eigenvalue weighted by Crippen LogP contribution is 2.28. The molecule has 5 heteroatoms. The minimum Gasteiger partial charge on any atom is -0.480 e.